The second-order valence-corrected chi connectivity index (χ2v) is 6.88. The summed E-state index contributed by atoms with van der Waals surface area (Å²) in [6, 6.07) is 10.00. The summed E-state index contributed by atoms with van der Waals surface area (Å²) in [4.78, 5) is 12.3. The third-order valence-corrected chi connectivity index (χ3v) is 4.81. The van der Waals surface area contributed by atoms with Crippen molar-refractivity contribution < 1.29 is 13.9 Å². The van der Waals surface area contributed by atoms with Crippen molar-refractivity contribution >= 4 is 11.9 Å². The van der Waals surface area contributed by atoms with E-state index < -0.39 is 0 Å². The summed E-state index contributed by atoms with van der Waals surface area (Å²) >= 11 is 0. The zero-order valence-corrected chi connectivity index (χ0v) is 15.6. The average Bonchev–Trinajstić information content (AvgIpc) is 3.37. The van der Waals surface area contributed by atoms with Gasteiger partial charge in [-0.3, -0.25) is 9.48 Å². The number of hydrogen-bond acceptors (Lipinski definition) is 4. The molecule has 0 amide bonds. The van der Waals surface area contributed by atoms with E-state index in [1.54, 1.807) is 24.0 Å². The molecule has 3 aromatic rings. The molecule has 0 aliphatic heterocycles. The van der Waals surface area contributed by atoms with E-state index in [0.29, 0.717) is 17.9 Å². The predicted molar refractivity (Wildman–Crippen MR) is 103 cm³/mol. The molecule has 0 fully saturated rings. The van der Waals surface area contributed by atoms with Crippen molar-refractivity contribution in [1.82, 2.24) is 9.78 Å². The van der Waals surface area contributed by atoms with Gasteiger partial charge in [-0.15, -0.1) is 0 Å². The molecule has 2 aromatic heterocycles. The third kappa shape index (κ3) is 3.87. The van der Waals surface area contributed by atoms with E-state index in [1.807, 2.05) is 25.1 Å². The van der Waals surface area contributed by atoms with E-state index in [2.05, 4.69) is 17.2 Å². The zero-order chi connectivity index (χ0) is 18.8. The van der Waals surface area contributed by atoms with Crippen LogP contribution in [0.3, 0.4) is 0 Å². The van der Waals surface area contributed by atoms with Crippen LogP contribution in [-0.2, 0) is 26.5 Å². The molecule has 0 saturated heterocycles. The predicted octanol–water partition coefficient (Wildman–Crippen LogP) is 4.29. The van der Waals surface area contributed by atoms with Crippen molar-refractivity contribution in [2.45, 2.75) is 32.8 Å². The molecule has 1 aliphatic carbocycles. The Bertz CT molecular complexity index is 1010. The van der Waals surface area contributed by atoms with Gasteiger partial charge in [0, 0.05) is 13.2 Å². The van der Waals surface area contributed by atoms with Gasteiger partial charge in [0.05, 0.1) is 11.3 Å². The van der Waals surface area contributed by atoms with Crippen molar-refractivity contribution in [3.05, 3.63) is 76.5 Å². The topological polar surface area (TPSA) is 57.3 Å². The number of rotatable bonds is 6. The molecule has 138 valence electrons. The number of nitrogens with zero attached hydrogens (tertiary/aromatic N) is 2. The molecule has 4 rings (SSSR count). The molecule has 0 radical (unpaired) electrons. The molecule has 1 aliphatic rings. The Kier molecular flexibility index (Phi) is 4.67. The Morgan fingerprint density at radius 1 is 1.26 bits per heavy atom. The number of ether oxygens (including phenoxy) is 1. The van der Waals surface area contributed by atoms with Gasteiger partial charge in [0.1, 0.15) is 23.9 Å². The molecule has 0 bridgehead atoms. The third-order valence-electron chi connectivity index (χ3n) is 4.81. The van der Waals surface area contributed by atoms with Crippen molar-refractivity contribution in [1.29, 1.82) is 0 Å². The zero-order valence-electron chi connectivity index (χ0n) is 15.6. The van der Waals surface area contributed by atoms with Crippen LogP contribution in [0.25, 0.3) is 6.08 Å². The quantitative estimate of drug-likeness (QED) is 0.485. The number of carbonyl (C=O) groups excluding carboxylic acids is 1. The second-order valence-electron chi connectivity index (χ2n) is 6.88. The number of fused-ring (bicyclic) bond motifs is 1. The van der Waals surface area contributed by atoms with Crippen LogP contribution in [0.4, 0.5) is 0 Å². The highest BCUT2D eigenvalue weighted by molar-refractivity contribution is 6.07. The Morgan fingerprint density at radius 3 is 2.93 bits per heavy atom. The fraction of sp³-hybridized carbons (Fsp3) is 0.273. The van der Waals surface area contributed by atoms with E-state index in [-0.39, 0.29) is 5.78 Å². The number of allylic oxidation sites excluding steroid dienone is 1. The number of hydrogen-bond donors (Lipinski definition) is 0. The summed E-state index contributed by atoms with van der Waals surface area (Å²) in [5, 5.41) is 4.19. The van der Waals surface area contributed by atoms with Crippen molar-refractivity contribution in [2.75, 3.05) is 0 Å². The molecule has 0 N–H and O–H groups in total. The summed E-state index contributed by atoms with van der Waals surface area (Å²) in [6.07, 6.45) is 8.43. The lowest BCUT2D eigenvalue weighted by molar-refractivity contribution is 0.104. The first-order valence-electron chi connectivity index (χ1n) is 9.14. The number of carbonyl (C=O) groups is 1. The van der Waals surface area contributed by atoms with Gasteiger partial charge in [-0.2, -0.15) is 5.10 Å². The smallest absolute Gasteiger partial charge is 0.189 e. The molecule has 27 heavy (non-hydrogen) atoms. The largest absolute Gasteiger partial charge is 0.486 e. The Balaban J connectivity index is 1.37. The van der Waals surface area contributed by atoms with Gasteiger partial charge < -0.3 is 9.15 Å². The van der Waals surface area contributed by atoms with E-state index in [4.69, 9.17) is 9.15 Å². The Morgan fingerprint density at radius 2 is 2.11 bits per heavy atom. The molecular formula is C22H22N2O3. The highest BCUT2D eigenvalue weighted by Gasteiger charge is 2.12. The van der Waals surface area contributed by atoms with Crippen LogP contribution in [-0.4, -0.2) is 15.6 Å². The number of ketones is 1. The average molecular weight is 362 g/mol. The minimum atomic E-state index is -0.0899. The van der Waals surface area contributed by atoms with Gasteiger partial charge in [0.25, 0.3) is 0 Å². The Labute approximate surface area is 158 Å². The maximum atomic E-state index is 12.3. The first-order chi connectivity index (χ1) is 13.1. The van der Waals surface area contributed by atoms with Crippen LogP contribution >= 0.6 is 0 Å². The first-order valence-corrected chi connectivity index (χ1v) is 9.14. The van der Waals surface area contributed by atoms with Crippen molar-refractivity contribution in [2.24, 2.45) is 7.05 Å². The number of benzene rings is 1. The van der Waals surface area contributed by atoms with Gasteiger partial charge in [-0.05, 0) is 73.7 Å². The fourth-order valence-corrected chi connectivity index (χ4v) is 3.44. The Hall–Kier alpha value is -3.08. The summed E-state index contributed by atoms with van der Waals surface area (Å²) in [6.45, 7) is 2.19. The highest BCUT2D eigenvalue weighted by Crippen LogP contribution is 2.26. The van der Waals surface area contributed by atoms with Crippen LogP contribution in [0.2, 0.25) is 0 Å². The standard InChI is InChI=1S/C22H22N2O3/c1-15-21(13-24(2)23-15)22(25)11-10-18-8-9-20(27-18)14-26-19-7-6-16-4-3-5-17(16)12-19/h6-13H,3-5,14H2,1-2H3. The van der Waals surface area contributed by atoms with Gasteiger partial charge in [-0.1, -0.05) is 6.07 Å². The summed E-state index contributed by atoms with van der Waals surface area (Å²) in [5.41, 5.74) is 4.14. The molecule has 0 spiro atoms. The lowest BCUT2D eigenvalue weighted by Crippen LogP contribution is -1.95. The van der Waals surface area contributed by atoms with Crippen LogP contribution in [0.15, 0.2) is 47.0 Å². The summed E-state index contributed by atoms with van der Waals surface area (Å²) in [5.74, 6) is 2.12. The van der Waals surface area contributed by atoms with E-state index >= 15 is 0 Å². The van der Waals surface area contributed by atoms with Crippen molar-refractivity contribution in [3.63, 3.8) is 0 Å². The maximum Gasteiger partial charge on any atom is 0.189 e. The number of furan rings is 1. The van der Waals surface area contributed by atoms with Gasteiger partial charge in [-0.25, -0.2) is 0 Å². The molecule has 5 nitrogen and oxygen atoms in total. The van der Waals surface area contributed by atoms with Gasteiger partial charge >= 0.3 is 0 Å². The molecular weight excluding hydrogens is 340 g/mol. The lowest BCUT2D eigenvalue weighted by Gasteiger charge is -2.06. The highest BCUT2D eigenvalue weighted by atomic mass is 16.5. The minimum Gasteiger partial charge on any atom is -0.486 e. The molecule has 5 heteroatoms. The molecule has 1 aromatic carbocycles. The van der Waals surface area contributed by atoms with Crippen LogP contribution in [0, 0.1) is 6.92 Å². The molecule has 2 heterocycles. The summed E-state index contributed by atoms with van der Waals surface area (Å²) in [7, 11) is 1.80. The maximum absolute atomic E-state index is 12.3. The van der Waals surface area contributed by atoms with Crippen molar-refractivity contribution in [3.8, 4) is 5.75 Å². The minimum absolute atomic E-state index is 0.0899. The van der Waals surface area contributed by atoms with E-state index in [0.717, 1.165) is 23.6 Å². The monoisotopic (exact) mass is 362 g/mol. The fourth-order valence-electron chi connectivity index (χ4n) is 3.44. The van der Waals surface area contributed by atoms with E-state index in [1.165, 1.54) is 30.0 Å². The second kappa shape index (κ2) is 7.27. The lowest BCUT2D eigenvalue weighted by atomic mass is 10.1. The molecule has 0 saturated carbocycles. The first kappa shape index (κ1) is 17.3. The number of aryl methyl sites for hydroxylation is 4. The van der Waals surface area contributed by atoms with Crippen LogP contribution in [0.5, 0.6) is 5.75 Å². The van der Waals surface area contributed by atoms with E-state index in [9.17, 15) is 4.79 Å². The van der Waals surface area contributed by atoms with Gasteiger partial charge in [0.2, 0.25) is 0 Å². The van der Waals surface area contributed by atoms with Gasteiger partial charge in [0.15, 0.2) is 5.78 Å². The summed E-state index contributed by atoms with van der Waals surface area (Å²) < 4.78 is 13.2. The molecule has 0 unspecified atom stereocenters. The van der Waals surface area contributed by atoms with Crippen LogP contribution in [0.1, 0.15) is 45.1 Å². The SMILES string of the molecule is Cc1nn(C)cc1C(=O)C=Cc1ccc(COc2ccc3c(c2)CCC3)o1. The molecule has 0 atom stereocenters. The van der Waals surface area contributed by atoms with Crippen LogP contribution < -0.4 is 4.74 Å². The number of aromatic nitrogens is 2. The normalized spacial score (nSPS) is 13.3.